The van der Waals surface area contributed by atoms with Crippen LogP contribution in [0.3, 0.4) is 0 Å². The van der Waals surface area contributed by atoms with Gasteiger partial charge >= 0.3 is 0 Å². The van der Waals surface area contributed by atoms with E-state index in [1.807, 2.05) is 6.20 Å². The molecule has 1 aliphatic rings. The van der Waals surface area contributed by atoms with Crippen molar-refractivity contribution in [3.8, 4) is 0 Å². The minimum atomic E-state index is 0.572. The van der Waals surface area contributed by atoms with Gasteiger partial charge in [-0.05, 0) is 37.8 Å². The van der Waals surface area contributed by atoms with E-state index in [1.165, 1.54) is 18.5 Å². The average Bonchev–Trinajstić information content (AvgIpc) is 2.66. The highest BCUT2D eigenvalue weighted by Crippen LogP contribution is 2.19. The molecule has 0 bridgehead atoms. The zero-order valence-electron chi connectivity index (χ0n) is 9.74. The lowest BCUT2D eigenvalue weighted by atomic mass is 10.1. The lowest BCUT2D eigenvalue weighted by molar-refractivity contribution is 0.336. The van der Waals surface area contributed by atoms with Gasteiger partial charge in [-0.1, -0.05) is 13.8 Å². The van der Waals surface area contributed by atoms with E-state index in [0.29, 0.717) is 12.0 Å². The van der Waals surface area contributed by atoms with Gasteiger partial charge in [0.25, 0.3) is 0 Å². The molecule has 0 aromatic carbocycles. The molecule has 1 aliphatic heterocycles. The van der Waals surface area contributed by atoms with Gasteiger partial charge in [0.15, 0.2) is 0 Å². The molecule has 1 atom stereocenters. The predicted octanol–water partition coefficient (Wildman–Crippen LogP) is 2.01. The molecule has 0 amide bonds. The minimum absolute atomic E-state index is 0.572. The van der Waals surface area contributed by atoms with E-state index in [1.54, 1.807) is 0 Å². The molecule has 1 saturated heterocycles. The van der Waals surface area contributed by atoms with E-state index in [9.17, 15) is 0 Å². The first-order valence-corrected chi connectivity index (χ1v) is 6.00. The van der Waals surface area contributed by atoms with Gasteiger partial charge in [0.05, 0.1) is 6.04 Å². The van der Waals surface area contributed by atoms with Crippen LogP contribution in [0, 0.1) is 5.92 Å². The molecule has 1 aromatic rings. The number of nitrogens with one attached hydrogen (secondary N) is 1. The maximum atomic E-state index is 4.47. The van der Waals surface area contributed by atoms with Gasteiger partial charge in [0.1, 0.15) is 0 Å². The molecule has 15 heavy (non-hydrogen) atoms. The normalized spacial score (nSPS) is 22.2. The summed E-state index contributed by atoms with van der Waals surface area (Å²) in [5.74, 6) is 0.706. The molecule has 1 aromatic heterocycles. The summed E-state index contributed by atoms with van der Waals surface area (Å²) in [5.41, 5.74) is 1.39. The topological polar surface area (TPSA) is 29.9 Å². The molecule has 3 heteroatoms. The molecule has 1 N–H and O–H groups in total. The van der Waals surface area contributed by atoms with Crippen LogP contribution in [0.4, 0.5) is 0 Å². The largest absolute Gasteiger partial charge is 0.315 e. The van der Waals surface area contributed by atoms with Crippen LogP contribution < -0.4 is 5.32 Å². The lowest BCUT2D eigenvalue weighted by Crippen LogP contribution is -2.33. The highest BCUT2D eigenvalue weighted by molar-refractivity contribution is 5.03. The molecule has 0 spiro atoms. The molecule has 1 unspecified atom stereocenters. The molecule has 84 valence electrons. The number of rotatable bonds is 3. The van der Waals surface area contributed by atoms with Crippen molar-refractivity contribution < 1.29 is 0 Å². The number of piperidine rings is 1. The van der Waals surface area contributed by atoms with Crippen molar-refractivity contribution in [2.75, 3.05) is 13.1 Å². The summed E-state index contributed by atoms with van der Waals surface area (Å²) in [6.07, 6.45) is 5.61. The Kier molecular flexibility index (Phi) is 3.41. The fourth-order valence-corrected chi connectivity index (χ4v) is 2.29. The number of nitrogens with zero attached hydrogens (tertiary/aromatic N) is 2. The smallest absolute Gasteiger partial charge is 0.0647 e. The Hall–Kier alpha value is -0.830. The predicted molar refractivity (Wildman–Crippen MR) is 61.9 cm³/mol. The highest BCUT2D eigenvalue weighted by atomic mass is 15.3. The minimum Gasteiger partial charge on any atom is -0.315 e. The summed E-state index contributed by atoms with van der Waals surface area (Å²) in [5, 5.41) is 7.91. The molecular weight excluding hydrogens is 186 g/mol. The molecule has 2 heterocycles. The summed E-state index contributed by atoms with van der Waals surface area (Å²) in [6, 6.07) is 2.73. The average molecular weight is 207 g/mol. The van der Waals surface area contributed by atoms with Crippen molar-refractivity contribution in [3.63, 3.8) is 0 Å². The van der Waals surface area contributed by atoms with Crippen molar-refractivity contribution >= 4 is 0 Å². The number of hydrogen-bond donors (Lipinski definition) is 1. The summed E-state index contributed by atoms with van der Waals surface area (Å²) in [4.78, 5) is 0. The highest BCUT2D eigenvalue weighted by Gasteiger charge is 2.17. The number of aromatic nitrogens is 2. The Morgan fingerprint density at radius 3 is 3.13 bits per heavy atom. The van der Waals surface area contributed by atoms with Crippen LogP contribution in [0.2, 0.25) is 0 Å². The number of hydrogen-bond acceptors (Lipinski definition) is 2. The third-order valence-corrected chi connectivity index (χ3v) is 2.99. The monoisotopic (exact) mass is 207 g/mol. The van der Waals surface area contributed by atoms with E-state index >= 15 is 0 Å². The van der Waals surface area contributed by atoms with Gasteiger partial charge in [-0.3, -0.25) is 4.68 Å². The maximum absolute atomic E-state index is 4.47. The summed E-state index contributed by atoms with van der Waals surface area (Å²) < 4.78 is 2.23. The van der Waals surface area contributed by atoms with Gasteiger partial charge < -0.3 is 5.32 Å². The zero-order valence-corrected chi connectivity index (χ0v) is 9.74. The summed E-state index contributed by atoms with van der Waals surface area (Å²) >= 11 is 0. The van der Waals surface area contributed by atoms with Crippen LogP contribution in [0.1, 0.15) is 38.4 Å². The van der Waals surface area contributed by atoms with Gasteiger partial charge in [-0.15, -0.1) is 0 Å². The third-order valence-electron chi connectivity index (χ3n) is 2.99. The second-order valence-electron chi connectivity index (χ2n) is 4.87. The Bertz CT molecular complexity index is 298. The third kappa shape index (κ3) is 2.59. The van der Waals surface area contributed by atoms with Crippen LogP contribution in [0.25, 0.3) is 0 Å². The molecule has 1 fully saturated rings. The maximum Gasteiger partial charge on any atom is 0.0647 e. The second-order valence-corrected chi connectivity index (χ2v) is 4.87. The Morgan fingerprint density at radius 1 is 1.60 bits per heavy atom. The molecular formula is C12H21N3. The molecule has 0 saturated carbocycles. The van der Waals surface area contributed by atoms with E-state index in [0.717, 1.165) is 19.5 Å². The van der Waals surface area contributed by atoms with Crippen molar-refractivity contribution in [1.29, 1.82) is 0 Å². The van der Waals surface area contributed by atoms with Crippen LogP contribution in [-0.2, 0) is 6.42 Å². The van der Waals surface area contributed by atoms with Crippen LogP contribution >= 0.6 is 0 Å². The molecule has 3 nitrogen and oxygen atoms in total. The first-order chi connectivity index (χ1) is 7.27. The first-order valence-electron chi connectivity index (χ1n) is 6.00. The molecule has 0 radical (unpaired) electrons. The molecule has 2 rings (SSSR count). The van der Waals surface area contributed by atoms with Crippen LogP contribution in [-0.4, -0.2) is 22.9 Å². The van der Waals surface area contributed by atoms with Crippen molar-refractivity contribution in [2.24, 2.45) is 5.92 Å². The van der Waals surface area contributed by atoms with E-state index in [-0.39, 0.29) is 0 Å². The first kappa shape index (κ1) is 10.7. The fourth-order valence-electron chi connectivity index (χ4n) is 2.29. The summed E-state index contributed by atoms with van der Waals surface area (Å²) in [7, 11) is 0. The van der Waals surface area contributed by atoms with Crippen molar-refractivity contribution in [2.45, 2.75) is 39.2 Å². The van der Waals surface area contributed by atoms with E-state index in [4.69, 9.17) is 0 Å². The molecule has 0 aliphatic carbocycles. The SMILES string of the molecule is CC(C)Cc1ccnn1C1CCCNC1. The van der Waals surface area contributed by atoms with E-state index in [2.05, 4.69) is 35.0 Å². The standard InChI is InChI=1S/C12H21N3/c1-10(2)8-11-5-7-14-15(11)12-4-3-6-13-9-12/h5,7,10,12-13H,3-4,6,8-9H2,1-2H3. The van der Waals surface area contributed by atoms with Crippen molar-refractivity contribution in [1.82, 2.24) is 15.1 Å². The Morgan fingerprint density at radius 2 is 2.47 bits per heavy atom. The Balaban J connectivity index is 2.09. The van der Waals surface area contributed by atoms with Gasteiger partial charge in [0, 0.05) is 18.4 Å². The Labute approximate surface area is 91.9 Å². The second kappa shape index (κ2) is 4.79. The quantitative estimate of drug-likeness (QED) is 0.821. The van der Waals surface area contributed by atoms with Crippen LogP contribution in [0.5, 0.6) is 0 Å². The van der Waals surface area contributed by atoms with E-state index < -0.39 is 0 Å². The lowest BCUT2D eigenvalue weighted by Gasteiger charge is -2.25. The van der Waals surface area contributed by atoms with Gasteiger partial charge in [-0.25, -0.2) is 0 Å². The van der Waals surface area contributed by atoms with Crippen molar-refractivity contribution in [3.05, 3.63) is 18.0 Å². The van der Waals surface area contributed by atoms with Crippen LogP contribution in [0.15, 0.2) is 12.3 Å². The fraction of sp³-hybridized carbons (Fsp3) is 0.750. The van der Waals surface area contributed by atoms with Gasteiger partial charge in [0.2, 0.25) is 0 Å². The zero-order chi connectivity index (χ0) is 10.7. The van der Waals surface area contributed by atoms with Gasteiger partial charge in [-0.2, -0.15) is 5.10 Å². The summed E-state index contributed by atoms with van der Waals surface area (Å²) in [6.45, 7) is 6.76.